The van der Waals surface area contributed by atoms with E-state index in [4.69, 9.17) is 25.8 Å². The molecule has 1 atom stereocenters. The fourth-order valence-electron chi connectivity index (χ4n) is 3.78. The summed E-state index contributed by atoms with van der Waals surface area (Å²) in [5, 5.41) is 4.92. The highest BCUT2D eigenvalue weighted by Crippen LogP contribution is 2.41. The molecule has 0 saturated carbocycles. The highest BCUT2D eigenvalue weighted by atomic mass is 35.5. The first-order chi connectivity index (χ1) is 16.5. The van der Waals surface area contributed by atoms with Crippen LogP contribution in [-0.4, -0.2) is 56.9 Å². The first kappa shape index (κ1) is 27.2. The van der Waals surface area contributed by atoms with Crippen LogP contribution >= 0.6 is 11.6 Å². The Labute approximate surface area is 214 Å². The number of ketones is 1. The Morgan fingerprint density at radius 1 is 1.06 bits per heavy atom. The molecule has 1 aliphatic rings. The van der Waals surface area contributed by atoms with Crippen molar-refractivity contribution in [2.75, 3.05) is 7.11 Å². The summed E-state index contributed by atoms with van der Waals surface area (Å²) in [6, 6.07) is 0.739. The van der Waals surface area contributed by atoms with Crippen LogP contribution in [0.15, 0.2) is 24.0 Å². The number of fused-ring (bicyclic) bond motifs is 1. The molecule has 11 heteroatoms. The van der Waals surface area contributed by atoms with E-state index in [0.717, 1.165) is 22.9 Å². The molecule has 10 nitrogen and oxygen atoms in total. The highest BCUT2D eigenvalue weighted by Gasteiger charge is 2.39. The predicted molar refractivity (Wildman–Crippen MR) is 132 cm³/mol. The molecule has 0 aliphatic carbocycles. The minimum Gasteiger partial charge on any atom is -0.465 e. The number of carbonyl (C=O) groups is 4. The Kier molecular flexibility index (Phi) is 7.23. The lowest BCUT2D eigenvalue weighted by Crippen LogP contribution is -2.41. The number of methoxy groups -OCH3 is 1. The summed E-state index contributed by atoms with van der Waals surface area (Å²) in [5.41, 5.74) is -0.525. The normalized spacial score (nSPS) is 16.6. The van der Waals surface area contributed by atoms with Gasteiger partial charge < -0.3 is 14.2 Å². The Morgan fingerprint density at radius 2 is 1.64 bits per heavy atom. The van der Waals surface area contributed by atoms with Gasteiger partial charge in [-0.3, -0.25) is 9.69 Å². The van der Waals surface area contributed by atoms with Crippen LogP contribution < -0.4 is 0 Å². The smallest absolute Gasteiger partial charge is 0.435 e. The number of hydrogen-bond acceptors (Lipinski definition) is 8. The number of halogens is 1. The molecule has 194 valence electrons. The molecule has 2 heterocycles. The number of benzene rings is 1. The largest absolute Gasteiger partial charge is 0.465 e. The highest BCUT2D eigenvalue weighted by molar-refractivity contribution is 6.33. The van der Waals surface area contributed by atoms with Crippen molar-refractivity contribution in [3.05, 3.63) is 40.2 Å². The summed E-state index contributed by atoms with van der Waals surface area (Å²) < 4.78 is 16.8. The zero-order valence-electron chi connectivity index (χ0n) is 21.6. The molecule has 1 aliphatic heterocycles. The standard InChI is InChI=1S/C25H30ClN3O7/c1-13-9-16-14(11-27-29(16)23(33)36-25(5,6)7)19(20(13)26)17-10-18(30)15(21(31)34-8)12-28(17)22(32)35-24(2,3)4/h9,11-12,17H,10H2,1-8H3. The molecule has 36 heavy (non-hydrogen) atoms. The maximum atomic E-state index is 13.2. The molecule has 1 aromatic heterocycles. The van der Waals surface area contributed by atoms with Gasteiger partial charge in [0.15, 0.2) is 5.78 Å². The summed E-state index contributed by atoms with van der Waals surface area (Å²) >= 11 is 6.72. The van der Waals surface area contributed by atoms with Crippen LogP contribution in [0.25, 0.3) is 10.9 Å². The van der Waals surface area contributed by atoms with Gasteiger partial charge in [0.1, 0.15) is 16.8 Å². The molecule has 1 amide bonds. The number of nitrogens with zero attached hydrogens (tertiary/aromatic N) is 3. The number of ether oxygens (including phenoxy) is 3. The van der Waals surface area contributed by atoms with Gasteiger partial charge >= 0.3 is 18.2 Å². The van der Waals surface area contributed by atoms with Crippen LogP contribution in [0.3, 0.4) is 0 Å². The van der Waals surface area contributed by atoms with Crippen molar-refractivity contribution in [2.45, 2.75) is 72.1 Å². The quantitative estimate of drug-likeness (QED) is 0.306. The van der Waals surface area contributed by atoms with Crippen molar-refractivity contribution in [1.29, 1.82) is 0 Å². The van der Waals surface area contributed by atoms with Gasteiger partial charge in [-0.25, -0.2) is 14.4 Å². The predicted octanol–water partition coefficient (Wildman–Crippen LogP) is 5.09. The third-order valence-corrected chi connectivity index (χ3v) is 5.73. The number of Topliss-reactive ketones (excluding diaryl/α,β-unsaturated/α-hetero) is 1. The van der Waals surface area contributed by atoms with E-state index in [0.29, 0.717) is 22.0 Å². The number of aryl methyl sites for hydroxylation is 1. The number of aromatic nitrogens is 2. The SMILES string of the molecule is COC(=O)C1=CN(C(=O)OC(C)(C)C)C(c2c(Cl)c(C)cc3c2cnn3C(=O)OC(C)(C)C)CC1=O. The van der Waals surface area contributed by atoms with Crippen LogP contribution in [0.1, 0.15) is 65.1 Å². The first-order valence-electron chi connectivity index (χ1n) is 11.3. The van der Waals surface area contributed by atoms with Gasteiger partial charge in [0, 0.05) is 28.6 Å². The van der Waals surface area contributed by atoms with Gasteiger partial charge in [-0.1, -0.05) is 11.6 Å². The maximum Gasteiger partial charge on any atom is 0.435 e. The molecule has 2 aromatic rings. The van der Waals surface area contributed by atoms with E-state index in [1.807, 2.05) is 0 Å². The molecular weight excluding hydrogens is 490 g/mol. The average Bonchev–Trinajstić information content (AvgIpc) is 3.14. The molecule has 0 fully saturated rings. The topological polar surface area (TPSA) is 117 Å². The molecular formula is C25H30ClN3O7. The van der Waals surface area contributed by atoms with Crippen LogP contribution in [-0.2, 0) is 23.8 Å². The van der Waals surface area contributed by atoms with Gasteiger partial charge in [0.2, 0.25) is 0 Å². The van der Waals surface area contributed by atoms with Gasteiger partial charge in [0.25, 0.3) is 0 Å². The second kappa shape index (κ2) is 9.57. The van der Waals surface area contributed by atoms with E-state index in [9.17, 15) is 19.2 Å². The fourth-order valence-corrected chi connectivity index (χ4v) is 4.06. The fraction of sp³-hybridized carbons (Fsp3) is 0.480. The van der Waals surface area contributed by atoms with Gasteiger partial charge in [-0.05, 0) is 60.1 Å². The Bertz CT molecular complexity index is 1280. The zero-order chi connectivity index (χ0) is 27.2. The second-order valence-electron chi connectivity index (χ2n) is 10.5. The molecule has 1 aromatic carbocycles. The van der Waals surface area contributed by atoms with Crippen LogP contribution in [0.4, 0.5) is 9.59 Å². The lowest BCUT2D eigenvalue weighted by Gasteiger charge is -2.35. The molecule has 0 N–H and O–H groups in total. The van der Waals surface area contributed by atoms with Crippen molar-refractivity contribution in [3.8, 4) is 0 Å². The summed E-state index contributed by atoms with van der Waals surface area (Å²) in [7, 11) is 1.15. The van der Waals surface area contributed by atoms with Crippen molar-refractivity contribution in [2.24, 2.45) is 0 Å². The Hall–Kier alpha value is -3.40. The van der Waals surface area contributed by atoms with E-state index in [-0.39, 0.29) is 17.0 Å². The average molecular weight is 520 g/mol. The van der Waals surface area contributed by atoms with Gasteiger partial charge in [-0.15, -0.1) is 0 Å². The lowest BCUT2D eigenvalue weighted by atomic mass is 9.90. The molecule has 0 radical (unpaired) electrons. The van der Waals surface area contributed by atoms with Crippen LogP contribution in [0.2, 0.25) is 5.02 Å². The van der Waals surface area contributed by atoms with Crippen LogP contribution in [0.5, 0.6) is 0 Å². The maximum absolute atomic E-state index is 13.2. The second-order valence-corrected chi connectivity index (χ2v) is 10.8. The number of amides is 1. The third kappa shape index (κ3) is 5.53. The van der Waals surface area contributed by atoms with E-state index >= 15 is 0 Å². The Balaban J connectivity index is 2.22. The molecule has 0 spiro atoms. The zero-order valence-corrected chi connectivity index (χ0v) is 22.3. The third-order valence-electron chi connectivity index (χ3n) is 5.22. The molecule has 0 saturated heterocycles. The van der Waals surface area contributed by atoms with Gasteiger partial charge in [-0.2, -0.15) is 9.78 Å². The summed E-state index contributed by atoms with van der Waals surface area (Å²) in [5.74, 6) is -1.40. The minimum atomic E-state index is -0.938. The van der Waals surface area contributed by atoms with E-state index in [2.05, 4.69) is 5.10 Å². The summed E-state index contributed by atoms with van der Waals surface area (Å²) in [6.07, 6.45) is 0.806. The molecule has 1 unspecified atom stereocenters. The molecule has 0 bridgehead atoms. The van der Waals surface area contributed by atoms with Crippen molar-refractivity contribution >= 4 is 46.4 Å². The van der Waals surface area contributed by atoms with Crippen molar-refractivity contribution in [1.82, 2.24) is 14.7 Å². The number of esters is 1. The van der Waals surface area contributed by atoms with E-state index < -0.39 is 41.2 Å². The summed E-state index contributed by atoms with van der Waals surface area (Å²) in [6.45, 7) is 12.0. The van der Waals surface area contributed by atoms with Gasteiger partial charge in [0.05, 0.1) is 24.9 Å². The lowest BCUT2D eigenvalue weighted by molar-refractivity contribution is -0.138. The first-order valence-corrected chi connectivity index (χ1v) is 11.7. The number of rotatable bonds is 2. The van der Waals surface area contributed by atoms with Crippen molar-refractivity contribution < 1.29 is 33.4 Å². The van der Waals surface area contributed by atoms with E-state index in [1.165, 1.54) is 6.20 Å². The number of hydrogen-bond donors (Lipinski definition) is 0. The summed E-state index contributed by atoms with van der Waals surface area (Å²) in [4.78, 5) is 52.3. The van der Waals surface area contributed by atoms with Crippen LogP contribution in [0, 0.1) is 6.92 Å². The molecule has 3 rings (SSSR count). The minimum absolute atomic E-state index is 0.268. The monoisotopic (exact) mass is 519 g/mol. The van der Waals surface area contributed by atoms with Crippen molar-refractivity contribution in [3.63, 3.8) is 0 Å². The Morgan fingerprint density at radius 3 is 2.19 bits per heavy atom. The van der Waals surface area contributed by atoms with E-state index in [1.54, 1.807) is 54.5 Å². The number of carbonyl (C=O) groups excluding carboxylic acids is 4.